The summed E-state index contributed by atoms with van der Waals surface area (Å²) >= 11 is 0. The van der Waals surface area contributed by atoms with Crippen LogP contribution in [-0.4, -0.2) is 30.3 Å². The van der Waals surface area contributed by atoms with E-state index < -0.39 is 0 Å². The predicted octanol–water partition coefficient (Wildman–Crippen LogP) is 2.09. The number of carbonyl (C=O) groups is 1. The van der Waals surface area contributed by atoms with Gasteiger partial charge in [0, 0.05) is 32.5 Å². The van der Waals surface area contributed by atoms with Crippen molar-refractivity contribution in [3.63, 3.8) is 0 Å². The Balaban J connectivity index is 1.83. The lowest BCUT2D eigenvalue weighted by Gasteiger charge is -2.31. The van der Waals surface area contributed by atoms with Crippen molar-refractivity contribution in [1.82, 2.24) is 4.90 Å². The number of hydrogen-bond donors (Lipinski definition) is 0. The van der Waals surface area contributed by atoms with Crippen LogP contribution in [0.1, 0.15) is 39.5 Å². The average molecular weight is 195 g/mol. The maximum atomic E-state index is 11.1. The first kappa shape index (κ1) is 10.2. The summed E-state index contributed by atoms with van der Waals surface area (Å²) in [5.74, 6) is 1.26. The van der Waals surface area contributed by atoms with E-state index in [-0.39, 0.29) is 0 Å². The Morgan fingerprint density at radius 2 is 1.86 bits per heavy atom. The molecule has 0 amide bonds. The van der Waals surface area contributed by atoms with E-state index in [1.807, 2.05) is 0 Å². The molecule has 0 N–H and O–H groups in total. The fraction of sp³-hybridized carbons (Fsp3) is 0.917. The van der Waals surface area contributed by atoms with E-state index in [1.165, 1.54) is 19.4 Å². The van der Waals surface area contributed by atoms with Crippen molar-refractivity contribution in [1.29, 1.82) is 0 Å². The Hall–Kier alpha value is -0.370. The zero-order valence-electron chi connectivity index (χ0n) is 9.38. The first-order valence-electron chi connectivity index (χ1n) is 5.86. The topological polar surface area (TPSA) is 20.3 Å². The lowest BCUT2D eigenvalue weighted by Crippen LogP contribution is -2.39. The molecule has 2 fully saturated rings. The van der Waals surface area contributed by atoms with Crippen LogP contribution in [-0.2, 0) is 4.79 Å². The third kappa shape index (κ3) is 2.00. The van der Waals surface area contributed by atoms with Crippen LogP contribution in [0.15, 0.2) is 0 Å². The van der Waals surface area contributed by atoms with Gasteiger partial charge in [-0.1, -0.05) is 13.8 Å². The molecule has 0 aromatic heterocycles. The van der Waals surface area contributed by atoms with Crippen molar-refractivity contribution in [2.45, 2.75) is 39.5 Å². The highest BCUT2D eigenvalue weighted by Gasteiger charge is 2.46. The summed E-state index contributed by atoms with van der Waals surface area (Å²) in [7, 11) is 0. The highest BCUT2D eigenvalue weighted by Crippen LogP contribution is 2.52. The summed E-state index contributed by atoms with van der Waals surface area (Å²) in [6.45, 7) is 7.92. The molecule has 1 heterocycles. The third-order valence-electron chi connectivity index (χ3n) is 4.07. The van der Waals surface area contributed by atoms with Crippen molar-refractivity contribution >= 4 is 5.78 Å². The van der Waals surface area contributed by atoms with Crippen LogP contribution >= 0.6 is 0 Å². The quantitative estimate of drug-likeness (QED) is 0.687. The molecule has 80 valence electrons. The summed E-state index contributed by atoms with van der Waals surface area (Å²) in [5.41, 5.74) is 0.611. The van der Waals surface area contributed by atoms with E-state index in [0.29, 0.717) is 11.2 Å². The van der Waals surface area contributed by atoms with Gasteiger partial charge in [-0.05, 0) is 24.2 Å². The van der Waals surface area contributed by atoms with Crippen LogP contribution in [0.5, 0.6) is 0 Å². The highest BCUT2D eigenvalue weighted by atomic mass is 16.1. The van der Waals surface area contributed by atoms with E-state index in [2.05, 4.69) is 18.7 Å². The Kier molecular flexibility index (Phi) is 2.65. The normalized spacial score (nSPS) is 26.9. The summed E-state index contributed by atoms with van der Waals surface area (Å²) < 4.78 is 0. The molecule has 0 atom stereocenters. The number of carbonyl (C=O) groups excluding carboxylic acids is 1. The van der Waals surface area contributed by atoms with Gasteiger partial charge in [0.1, 0.15) is 5.78 Å². The van der Waals surface area contributed by atoms with Gasteiger partial charge in [-0.2, -0.15) is 0 Å². The van der Waals surface area contributed by atoms with Gasteiger partial charge in [0.05, 0.1) is 0 Å². The Labute approximate surface area is 86.7 Å². The molecule has 2 nitrogen and oxygen atoms in total. The monoisotopic (exact) mass is 195 g/mol. The molecule has 1 aliphatic heterocycles. The number of nitrogens with zero attached hydrogens (tertiary/aromatic N) is 1. The fourth-order valence-corrected chi connectivity index (χ4v) is 2.48. The Bertz CT molecular complexity index is 220. The molecule has 0 aromatic carbocycles. The minimum atomic E-state index is 0.454. The van der Waals surface area contributed by atoms with Gasteiger partial charge < -0.3 is 4.90 Å². The largest absolute Gasteiger partial charge is 0.302 e. The van der Waals surface area contributed by atoms with Crippen LogP contribution in [0.3, 0.4) is 0 Å². The third-order valence-corrected chi connectivity index (χ3v) is 4.07. The standard InChI is InChI=1S/C12H21NO/c1-10(2)12(5-6-12)9-13-7-3-11(14)4-8-13/h10H,3-9H2,1-2H3. The van der Waals surface area contributed by atoms with Gasteiger partial charge in [0.15, 0.2) is 0 Å². The van der Waals surface area contributed by atoms with E-state index in [4.69, 9.17) is 0 Å². The zero-order valence-corrected chi connectivity index (χ0v) is 9.38. The molecule has 0 radical (unpaired) electrons. The Morgan fingerprint density at radius 3 is 2.29 bits per heavy atom. The van der Waals surface area contributed by atoms with E-state index in [9.17, 15) is 4.79 Å². The molecule has 2 heteroatoms. The smallest absolute Gasteiger partial charge is 0.135 e. The first-order valence-corrected chi connectivity index (χ1v) is 5.86. The number of likely N-dealkylation sites (tertiary alicyclic amines) is 1. The van der Waals surface area contributed by atoms with Crippen LogP contribution in [0.2, 0.25) is 0 Å². The van der Waals surface area contributed by atoms with Gasteiger partial charge in [0.2, 0.25) is 0 Å². The molecule has 1 saturated carbocycles. The first-order chi connectivity index (χ1) is 6.62. The number of Topliss-reactive ketones (excluding diaryl/α,β-unsaturated/α-hetero) is 1. The van der Waals surface area contributed by atoms with Gasteiger partial charge in [-0.15, -0.1) is 0 Å². The predicted molar refractivity (Wildman–Crippen MR) is 57.2 cm³/mol. The zero-order chi connectivity index (χ0) is 10.2. The molecule has 2 aliphatic rings. The van der Waals surface area contributed by atoms with Crippen LogP contribution < -0.4 is 0 Å². The molecule has 0 unspecified atom stereocenters. The summed E-state index contributed by atoms with van der Waals surface area (Å²) in [5, 5.41) is 0. The SMILES string of the molecule is CC(C)C1(CN2CCC(=O)CC2)CC1. The molecular weight excluding hydrogens is 174 g/mol. The molecule has 0 bridgehead atoms. The van der Waals surface area contributed by atoms with Crippen molar-refractivity contribution in [2.75, 3.05) is 19.6 Å². The van der Waals surface area contributed by atoms with Crippen molar-refractivity contribution in [3.8, 4) is 0 Å². The second-order valence-electron chi connectivity index (χ2n) is 5.33. The fourth-order valence-electron chi connectivity index (χ4n) is 2.48. The minimum Gasteiger partial charge on any atom is -0.302 e. The summed E-state index contributed by atoms with van der Waals surface area (Å²) in [6, 6.07) is 0. The minimum absolute atomic E-state index is 0.454. The maximum Gasteiger partial charge on any atom is 0.135 e. The lowest BCUT2D eigenvalue weighted by molar-refractivity contribution is -0.121. The van der Waals surface area contributed by atoms with E-state index in [0.717, 1.165) is 31.8 Å². The second kappa shape index (κ2) is 3.65. The molecule has 0 spiro atoms. The van der Waals surface area contributed by atoms with Crippen LogP contribution in [0.4, 0.5) is 0 Å². The molecule has 2 rings (SSSR count). The number of piperidine rings is 1. The average Bonchev–Trinajstić information content (AvgIpc) is 2.90. The lowest BCUT2D eigenvalue weighted by atomic mass is 9.91. The van der Waals surface area contributed by atoms with E-state index >= 15 is 0 Å². The van der Waals surface area contributed by atoms with Crippen molar-refractivity contribution in [2.24, 2.45) is 11.3 Å². The molecule has 0 aromatic rings. The molecular formula is C12H21NO. The molecule has 1 saturated heterocycles. The highest BCUT2D eigenvalue weighted by molar-refractivity contribution is 5.79. The summed E-state index contributed by atoms with van der Waals surface area (Å²) in [6.07, 6.45) is 4.37. The van der Waals surface area contributed by atoms with Crippen molar-refractivity contribution in [3.05, 3.63) is 0 Å². The van der Waals surface area contributed by atoms with Crippen molar-refractivity contribution < 1.29 is 4.79 Å². The maximum absolute atomic E-state index is 11.1. The van der Waals surface area contributed by atoms with Crippen LogP contribution in [0, 0.1) is 11.3 Å². The molecule has 14 heavy (non-hydrogen) atoms. The Morgan fingerprint density at radius 1 is 1.29 bits per heavy atom. The van der Waals surface area contributed by atoms with Crippen LogP contribution in [0.25, 0.3) is 0 Å². The number of ketones is 1. The second-order valence-corrected chi connectivity index (χ2v) is 5.33. The van der Waals surface area contributed by atoms with E-state index in [1.54, 1.807) is 0 Å². The number of rotatable bonds is 3. The van der Waals surface area contributed by atoms with Gasteiger partial charge >= 0.3 is 0 Å². The van der Waals surface area contributed by atoms with Gasteiger partial charge in [0.25, 0.3) is 0 Å². The molecule has 1 aliphatic carbocycles. The number of hydrogen-bond acceptors (Lipinski definition) is 2. The van der Waals surface area contributed by atoms with Gasteiger partial charge in [-0.3, -0.25) is 4.79 Å². The summed E-state index contributed by atoms with van der Waals surface area (Å²) in [4.78, 5) is 13.6. The van der Waals surface area contributed by atoms with Gasteiger partial charge in [-0.25, -0.2) is 0 Å².